The highest BCUT2D eigenvalue weighted by Gasteiger charge is 2.00. The van der Waals surface area contributed by atoms with Crippen LogP contribution in [0.15, 0.2) is 46.8 Å². The van der Waals surface area contributed by atoms with Gasteiger partial charge in [0.15, 0.2) is 5.82 Å². The monoisotopic (exact) mass is 241 g/mol. The van der Waals surface area contributed by atoms with Crippen molar-refractivity contribution in [2.24, 2.45) is 10.2 Å². The van der Waals surface area contributed by atoms with Gasteiger partial charge < -0.3 is 5.11 Å². The number of phenolic OH excluding ortho intramolecular Hbond substituents is 1. The van der Waals surface area contributed by atoms with Crippen molar-refractivity contribution in [2.75, 3.05) is 0 Å². The quantitative estimate of drug-likeness (QED) is 0.833. The third kappa shape index (κ3) is 3.13. The highest BCUT2D eigenvalue weighted by atomic mass is 16.3. The van der Waals surface area contributed by atoms with Crippen molar-refractivity contribution >= 4 is 5.82 Å². The maximum Gasteiger partial charge on any atom is 0.173 e. The lowest BCUT2D eigenvalue weighted by atomic mass is 10.1. The molecule has 1 aromatic heterocycles. The van der Waals surface area contributed by atoms with E-state index in [1.165, 1.54) is 0 Å². The molecule has 0 aliphatic carbocycles. The highest BCUT2D eigenvalue weighted by Crippen LogP contribution is 2.19. The fourth-order valence-electron chi connectivity index (χ4n) is 1.54. The second-order valence-electron chi connectivity index (χ2n) is 4.23. The molecule has 0 spiro atoms. The summed E-state index contributed by atoms with van der Waals surface area (Å²) in [6.45, 7) is 4.30. The van der Waals surface area contributed by atoms with Crippen LogP contribution in [0, 0.1) is 13.8 Å². The number of hydrogen-bond acceptors (Lipinski definition) is 4. The van der Waals surface area contributed by atoms with Crippen LogP contribution in [-0.4, -0.2) is 10.1 Å². The van der Waals surface area contributed by atoms with E-state index in [0.29, 0.717) is 12.4 Å². The number of azo groups is 1. The number of aromatic nitrogens is 1. The number of nitrogens with zero attached hydrogens (tertiary/aromatic N) is 3. The molecular formula is C14H15N3O. The largest absolute Gasteiger partial charge is 0.508 e. The van der Waals surface area contributed by atoms with Gasteiger partial charge in [0.25, 0.3) is 0 Å². The SMILES string of the molecule is Cc1ccc(N=NCc2cc(C)ccc2O)nc1. The molecule has 2 aromatic rings. The smallest absolute Gasteiger partial charge is 0.173 e. The lowest BCUT2D eigenvalue weighted by Gasteiger charge is -2.01. The number of aromatic hydroxyl groups is 1. The molecule has 1 N–H and O–H groups in total. The van der Waals surface area contributed by atoms with Crippen LogP contribution in [0.1, 0.15) is 16.7 Å². The Morgan fingerprint density at radius 2 is 1.89 bits per heavy atom. The van der Waals surface area contributed by atoms with Crippen LogP contribution in [0.3, 0.4) is 0 Å². The Balaban J connectivity index is 2.07. The van der Waals surface area contributed by atoms with Crippen LogP contribution in [0.4, 0.5) is 5.82 Å². The average molecular weight is 241 g/mol. The molecule has 4 heteroatoms. The van der Waals surface area contributed by atoms with E-state index in [9.17, 15) is 5.11 Å². The zero-order chi connectivity index (χ0) is 13.0. The number of hydrogen-bond donors (Lipinski definition) is 1. The van der Waals surface area contributed by atoms with Gasteiger partial charge in [-0.15, -0.1) is 5.11 Å². The summed E-state index contributed by atoms with van der Waals surface area (Å²) < 4.78 is 0. The third-order valence-electron chi connectivity index (χ3n) is 2.54. The molecule has 0 atom stereocenters. The van der Waals surface area contributed by atoms with E-state index in [0.717, 1.165) is 16.7 Å². The van der Waals surface area contributed by atoms with Crippen LogP contribution in [-0.2, 0) is 6.54 Å². The molecule has 18 heavy (non-hydrogen) atoms. The zero-order valence-electron chi connectivity index (χ0n) is 10.5. The molecule has 0 saturated heterocycles. The molecule has 0 amide bonds. The molecule has 1 aromatic carbocycles. The average Bonchev–Trinajstić information content (AvgIpc) is 2.36. The van der Waals surface area contributed by atoms with E-state index < -0.39 is 0 Å². The molecule has 0 unspecified atom stereocenters. The van der Waals surface area contributed by atoms with Crippen molar-refractivity contribution in [3.63, 3.8) is 0 Å². The van der Waals surface area contributed by atoms with Crippen molar-refractivity contribution in [1.82, 2.24) is 4.98 Å². The van der Waals surface area contributed by atoms with Crippen LogP contribution in [0.5, 0.6) is 5.75 Å². The minimum absolute atomic E-state index is 0.247. The summed E-state index contributed by atoms with van der Waals surface area (Å²) in [5.74, 6) is 0.823. The third-order valence-corrected chi connectivity index (χ3v) is 2.54. The van der Waals surface area contributed by atoms with Gasteiger partial charge in [-0.25, -0.2) is 4.98 Å². The first-order valence-corrected chi connectivity index (χ1v) is 5.74. The van der Waals surface area contributed by atoms with Crippen LogP contribution < -0.4 is 0 Å². The summed E-state index contributed by atoms with van der Waals surface area (Å²) in [7, 11) is 0. The highest BCUT2D eigenvalue weighted by molar-refractivity contribution is 5.35. The number of rotatable bonds is 3. The Hall–Kier alpha value is -2.23. The van der Waals surface area contributed by atoms with Crippen molar-refractivity contribution in [3.8, 4) is 5.75 Å². The Kier molecular flexibility index (Phi) is 3.67. The van der Waals surface area contributed by atoms with Crippen molar-refractivity contribution in [1.29, 1.82) is 0 Å². The number of benzene rings is 1. The molecule has 0 aliphatic rings. The van der Waals surface area contributed by atoms with Gasteiger partial charge in [0, 0.05) is 11.8 Å². The second kappa shape index (κ2) is 5.40. The maximum absolute atomic E-state index is 9.65. The molecule has 0 aliphatic heterocycles. The molecule has 0 bridgehead atoms. The first-order chi connectivity index (χ1) is 8.65. The standard InChI is InChI=1S/C14H15N3O/c1-10-3-5-13(18)12(7-10)9-16-17-14-6-4-11(2)8-15-14/h3-8,18H,9H2,1-2H3. The Morgan fingerprint density at radius 3 is 2.61 bits per heavy atom. The zero-order valence-corrected chi connectivity index (χ0v) is 10.5. The Labute approximate surface area is 106 Å². The van der Waals surface area contributed by atoms with Gasteiger partial charge in [-0.1, -0.05) is 23.8 Å². The van der Waals surface area contributed by atoms with E-state index >= 15 is 0 Å². The summed E-state index contributed by atoms with van der Waals surface area (Å²) in [6.07, 6.45) is 1.75. The predicted octanol–water partition coefficient (Wildman–Crippen LogP) is 3.69. The molecule has 0 saturated carbocycles. The van der Waals surface area contributed by atoms with Crippen molar-refractivity contribution in [3.05, 3.63) is 53.2 Å². The lowest BCUT2D eigenvalue weighted by Crippen LogP contribution is -1.84. The second-order valence-corrected chi connectivity index (χ2v) is 4.23. The van der Waals surface area contributed by atoms with Crippen molar-refractivity contribution in [2.45, 2.75) is 20.4 Å². The van der Waals surface area contributed by atoms with E-state index in [2.05, 4.69) is 15.2 Å². The van der Waals surface area contributed by atoms with Crippen molar-refractivity contribution < 1.29 is 5.11 Å². The minimum Gasteiger partial charge on any atom is -0.508 e. The normalized spacial score (nSPS) is 11.0. The lowest BCUT2D eigenvalue weighted by molar-refractivity contribution is 0.468. The summed E-state index contributed by atoms with van der Waals surface area (Å²) >= 11 is 0. The fraction of sp³-hybridized carbons (Fsp3) is 0.214. The summed E-state index contributed by atoms with van der Waals surface area (Å²) in [5.41, 5.74) is 2.95. The van der Waals surface area contributed by atoms with E-state index in [4.69, 9.17) is 0 Å². The maximum atomic E-state index is 9.65. The molecule has 0 fully saturated rings. The fourth-order valence-corrected chi connectivity index (χ4v) is 1.54. The molecule has 92 valence electrons. The van der Waals surface area contributed by atoms with Gasteiger partial charge in [-0.3, -0.25) is 0 Å². The number of pyridine rings is 1. The van der Waals surface area contributed by atoms with Crippen LogP contribution >= 0.6 is 0 Å². The van der Waals surface area contributed by atoms with Gasteiger partial charge in [0.2, 0.25) is 0 Å². The Bertz CT molecular complexity index is 562. The molecule has 4 nitrogen and oxygen atoms in total. The van der Waals surface area contributed by atoms with E-state index in [-0.39, 0.29) is 5.75 Å². The van der Waals surface area contributed by atoms with Gasteiger partial charge in [-0.05, 0) is 31.5 Å². The number of phenols is 1. The summed E-state index contributed by atoms with van der Waals surface area (Å²) in [4.78, 5) is 4.13. The van der Waals surface area contributed by atoms with Crippen LogP contribution in [0.2, 0.25) is 0 Å². The topological polar surface area (TPSA) is 57.8 Å². The first-order valence-electron chi connectivity index (χ1n) is 5.74. The first kappa shape index (κ1) is 12.2. The van der Waals surface area contributed by atoms with E-state index in [1.54, 1.807) is 12.3 Å². The van der Waals surface area contributed by atoms with Gasteiger partial charge in [0.05, 0.1) is 6.54 Å². The molecule has 2 rings (SSSR count). The van der Waals surface area contributed by atoms with Crippen LogP contribution in [0.25, 0.3) is 0 Å². The molecular weight excluding hydrogens is 226 g/mol. The summed E-state index contributed by atoms with van der Waals surface area (Å²) in [5, 5.41) is 17.7. The van der Waals surface area contributed by atoms with Gasteiger partial charge >= 0.3 is 0 Å². The van der Waals surface area contributed by atoms with Gasteiger partial charge in [-0.2, -0.15) is 5.11 Å². The predicted molar refractivity (Wildman–Crippen MR) is 70.0 cm³/mol. The Morgan fingerprint density at radius 1 is 1.11 bits per heavy atom. The number of aryl methyl sites for hydroxylation is 2. The van der Waals surface area contributed by atoms with Gasteiger partial charge in [0.1, 0.15) is 5.75 Å². The molecule has 1 heterocycles. The van der Waals surface area contributed by atoms with E-state index in [1.807, 2.05) is 38.1 Å². The minimum atomic E-state index is 0.247. The summed E-state index contributed by atoms with van der Waals surface area (Å²) in [6, 6.07) is 9.18. The molecule has 0 radical (unpaired) electrons.